The standard InChI is InChI=1S/C16H20BrN3S/c1-19-7-8-20(2)14(10-19)9-16-18-15(11-21-16)12-3-5-13(17)6-4-12/h3-6,11,14H,7-10H2,1-2H3. The fourth-order valence-electron chi connectivity index (χ4n) is 2.68. The molecule has 0 aliphatic carbocycles. The van der Waals surface area contributed by atoms with E-state index in [1.54, 1.807) is 11.3 Å². The SMILES string of the molecule is CN1CCN(C)C(Cc2nc(-c3ccc(Br)cc3)cs2)C1. The van der Waals surface area contributed by atoms with E-state index in [0.717, 1.165) is 36.2 Å². The molecular formula is C16H20BrN3S. The predicted octanol–water partition coefficient (Wildman–Crippen LogP) is 3.36. The van der Waals surface area contributed by atoms with Gasteiger partial charge in [0.1, 0.15) is 0 Å². The third kappa shape index (κ3) is 3.72. The zero-order valence-corrected chi connectivity index (χ0v) is 14.8. The molecule has 0 saturated carbocycles. The molecule has 1 atom stereocenters. The molecule has 0 amide bonds. The number of aromatic nitrogens is 1. The maximum atomic E-state index is 4.82. The number of likely N-dealkylation sites (N-methyl/N-ethyl adjacent to an activating group) is 2. The molecule has 21 heavy (non-hydrogen) atoms. The lowest BCUT2D eigenvalue weighted by Gasteiger charge is -2.37. The van der Waals surface area contributed by atoms with E-state index in [-0.39, 0.29) is 0 Å². The summed E-state index contributed by atoms with van der Waals surface area (Å²) in [5.41, 5.74) is 2.28. The van der Waals surface area contributed by atoms with Gasteiger partial charge in [-0.2, -0.15) is 0 Å². The van der Waals surface area contributed by atoms with Crippen molar-refractivity contribution in [3.63, 3.8) is 0 Å². The number of hydrogen-bond donors (Lipinski definition) is 0. The predicted molar refractivity (Wildman–Crippen MR) is 92.9 cm³/mol. The third-order valence-corrected chi connectivity index (χ3v) is 5.48. The van der Waals surface area contributed by atoms with Gasteiger partial charge in [0, 0.05) is 47.5 Å². The Morgan fingerprint density at radius 2 is 2.00 bits per heavy atom. The van der Waals surface area contributed by atoms with Gasteiger partial charge in [-0.25, -0.2) is 4.98 Å². The lowest BCUT2D eigenvalue weighted by atomic mass is 10.1. The van der Waals surface area contributed by atoms with Crippen LogP contribution in [0.5, 0.6) is 0 Å². The summed E-state index contributed by atoms with van der Waals surface area (Å²) >= 11 is 5.25. The summed E-state index contributed by atoms with van der Waals surface area (Å²) in [5, 5.41) is 3.41. The number of halogens is 1. The van der Waals surface area contributed by atoms with Crippen molar-refractivity contribution in [2.45, 2.75) is 12.5 Å². The average Bonchev–Trinajstić information content (AvgIpc) is 2.92. The molecule has 3 nitrogen and oxygen atoms in total. The molecule has 0 N–H and O–H groups in total. The van der Waals surface area contributed by atoms with Gasteiger partial charge in [-0.15, -0.1) is 11.3 Å². The first-order valence-corrected chi connectivity index (χ1v) is 8.88. The van der Waals surface area contributed by atoms with E-state index in [9.17, 15) is 0 Å². The van der Waals surface area contributed by atoms with Gasteiger partial charge in [0.25, 0.3) is 0 Å². The van der Waals surface area contributed by atoms with Crippen LogP contribution >= 0.6 is 27.3 Å². The number of rotatable bonds is 3. The topological polar surface area (TPSA) is 19.4 Å². The largest absolute Gasteiger partial charge is 0.304 e. The van der Waals surface area contributed by atoms with Crippen LogP contribution in [0.15, 0.2) is 34.1 Å². The number of piperazine rings is 1. The Balaban J connectivity index is 1.71. The van der Waals surface area contributed by atoms with Crippen molar-refractivity contribution in [1.82, 2.24) is 14.8 Å². The van der Waals surface area contributed by atoms with E-state index in [4.69, 9.17) is 4.98 Å². The molecule has 5 heteroatoms. The second-order valence-corrected chi connectivity index (χ2v) is 7.59. The van der Waals surface area contributed by atoms with Gasteiger partial charge in [0.15, 0.2) is 0 Å². The summed E-state index contributed by atoms with van der Waals surface area (Å²) in [5.74, 6) is 0. The van der Waals surface area contributed by atoms with Crippen molar-refractivity contribution in [2.24, 2.45) is 0 Å². The lowest BCUT2D eigenvalue weighted by Crippen LogP contribution is -2.50. The first kappa shape index (κ1) is 15.2. The minimum absolute atomic E-state index is 0.577. The highest BCUT2D eigenvalue weighted by Crippen LogP contribution is 2.25. The molecule has 112 valence electrons. The number of thiazole rings is 1. The summed E-state index contributed by atoms with van der Waals surface area (Å²) in [7, 11) is 4.43. The normalized spacial score (nSPS) is 20.8. The molecule has 1 aliphatic heterocycles. The van der Waals surface area contributed by atoms with Crippen molar-refractivity contribution < 1.29 is 0 Å². The maximum Gasteiger partial charge on any atom is 0.0948 e. The van der Waals surface area contributed by atoms with Crippen molar-refractivity contribution in [2.75, 3.05) is 33.7 Å². The van der Waals surface area contributed by atoms with Crippen LogP contribution in [0, 0.1) is 0 Å². The van der Waals surface area contributed by atoms with Crippen LogP contribution in [0.25, 0.3) is 11.3 Å². The molecule has 3 rings (SSSR count). The number of benzene rings is 1. The van der Waals surface area contributed by atoms with E-state index in [1.165, 1.54) is 10.6 Å². The molecule has 1 fully saturated rings. The fraction of sp³-hybridized carbons (Fsp3) is 0.438. The summed E-state index contributed by atoms with van der Waals surface area (Å²) in [6.45, 7) is 3.44. The van der Waals surface area contributed by atoms with Crippen LogP contribution in [0.3, 0.4) is 0 Å². The molecule has 1 aliphatic rings. The molecule has 2 heterocycles. The first-order valence-electron chi connectivity index (χ1n) is 7.21. The van der Waals surface area contributed by atoms with Gasteiger partial charge in [-0.1, -0.05) is 28.1 Å². The lowest BCUT2D eigenvalue weighted by molar-refractivity contribution is 0.114. The molecule has 1 aromatic carbocycles. The van der Waals surface area contributed by atoms with Crippen LogP contribution < -0.4 is 0 Å². The Morgan fingerprint density at radius 1 is 1.24 bits per heavy atom. The molecule has 1 unspecified atom stereocenters. The van der Waals surface area contributed by atoms with Crippen molar-refractivity contribution in [3.05, 3.63) is 39.1 Å². The van der Waals surface area contributed by atoms with E-state index in [0.29, 0.717) is 6.04 Å². The summed E-state index contributed by atoms with van der Waals surface area (Å²) in [6, 6.07) is 8.94. The van der Waals surface area contributed by atoms with Crippen LogP contribution in [0.1, 0.15) is 5.01 Å². The Labute approximate surface area is 138 Å². The van der Waals surface area contributed by atoms with Crippen molar-refractivity contribution in [3.8, 4) is 11.3 Å². The van der Waals surface area contributed by atoms with Gasteiger partial charge < -0.3 is 9.80 Å². The minimum atomic E-state index is 0.577. The second-order valence-electron chi connectivity index (χ2n) is 5.73. The number of hydrogen-bond acceptors (Lipinski definition) is 4. The highest BCUT2D eigenvalue weighted by Gasteiger charge is 2.23. The highest BCUT2D eigenvalue weighted by molar-refractivity contribution is 9.10. The average molecular weight is 366 g/mol. The van der Waals surface area contributed by atoms with Crippen LogP contribution in [0.4, 0.5) is 0 Å². The van der Waals surface area contributed by atoms with E-state index in [2.05, 4.69) is 69.5 Å². The van der Waals surface area contributed by atoms with Gasteiger partial charge in [0.05, 0.1) is 10.7 Å². The molecule has 0 spiro atoms. The van der Waals surface area contributed by atoms with Gasteiger partial charge in [-0.3, -0.25) is 0 Å². The number of nitrogens with zero attached hydrogens (tertiary/aromatic N) is 3. The van der Waals surface area contributed by atoms with Crippen molar-refractivity contribution in [1.29, 1.82) is 0 Å². The van der Waals surface area contributed by atoms with Crippen LogP contribution in [0.2, 0.25) is 0 Å². The molecule has 1 aromatic heterocycles. The maximum absolute atomic E-state index is 4.82. The molecule has 1 saturated heterocycles. The minimum Gasteiger partial charge on any atom is -0.304 e. The first-order chi connectivity index (χ1) is 10.1. The zero-order valence-electron chi connectivity index (χ0n) is 12.4. The zero-order chi connectivity index (χ0) is 14.8. The molecule has 0 bridgehead atoms. The summed E-state index contributed by atoms with van der Waals surface area (Å²) < 4.78 is 1.11. The Bertz CT molecular complexity index is 596. The Kier molecular flexibility index (Phi) is 4.74. The highest BCUT2D eigenvalue weighted by atomic mass is 79.9. The third-order valence-electron chi connectivity index (χ3n) is 4.08. The van der Waals surface area contributed by atoms with Crippen molar-refractivity contribution >= 4 is 27.3 Å². The molecule has 2 aromatic rings. The fourth-order valence-corrected chi connectivity index (χ4v) is 3.82. The molecule has 0 radical (unpaired) electrons. The van der Waals surface area contributed by atoms with Crippen LogP contribution in [-0.2, 0) is 6.42 Å². The van der Waals surface area contributed by atoms with Gasteiger partial charge in [0.2, 0.25) is 0 Å². The quantitative estimate of drug-likeness (QED) is 0.831. The molecular weight excluding hydrogens is 346 g/mol. The van der Waals surface area contributed by atoms with Crippen LogP contribution in [-0.4, -0.2) is 54.6 Å². The van der Waals surface area contributed by atoms with E-state index < -0.39 is 0 Å². The second kappa shape index (κ2) is 6.57. The van der Waals surface area contributed by atoms with E-state index >= 15 is 0 Å². The summed E-state index contributed by atoms with van der Waals surface area (Å²) in [4.78, 5) is 9.69. The Morgan fingerprint density at radius 3 is 2.76 bits per heavy atom. The summed E-state index contributed by atoms with van der Waals surface area (Å²) in [6.07, 6.45) is 1.04. The monoisotopic (exact) mass is 365 g/mol. The van der Waals surface area contributed by atoms with E-state index in [1.807, 2.05) is 0 Å². The Hall–Kier alpha value is -0.750. The van der Waals surface area contributed by atoms with Gasteiger partial charge in [-0.05, 0) is 26.2 Å². The van der Waals surface area contributed by atoms with Gasteiger partial charge >= 0.3 is 0 Å². The smallest absolute Gasteiger partial charge is 0.0948 e.